The summed E-state index contributed by atoms with van der Waals surface area (Å²) in [6, 6.07) is 9.90. The molecule has 0 saturated heterocycles. The third-order valence-corrected chi connectivity index (χ3v) is 3.65. The van der Waals surface area contributed by atoms with Gasteiger partial charge in [0.1, 0.15) is 0 Å². The van der Waals surface area contributed by atoms with E-state index in [-0.39, 0.29) is 11.2 Å². The second-order valence-corrected chi connectivity index (χ2v) is 5.71. The van der Waals surface area contributed by atoms with Crippen molar-refractivity contribution in [3.63, 3.8) is 0 Å². The van der Waals surface area contributed by atoms with Crippen molar-refractivity contribution in [1.82, 2.24) is 15.5 Å². The molecule has 0 saturated carbocycles. The number of nitrogens with one attached hydrogen (secondary N) is 1. The van der Waals surface area contributed by atoms with E-state index in [4.69, 9.17) is 4.42 Å². The average molecular weight is 303 g/mol. The first-order valence-corrected chi connectivity index (χ1v) is 7.48. The zero-order chi connectivity index (χ0) is 15.1. The van der Waals surface area contributed by atoms with Gasteiger partial charge in [0.25, 0.3) is 5.22 Å². The molecule has 2 rings (SSSR count). The summed E-state index contributed by atoms with van der Waals surface area (Å²) in [5, 5.41) is 10.8. The molecule has 1 amide bonds. The van der Waals surface area contributed by atoms with Crippen molar-refractivity contribution in [1.29, 1.82) is 0 Å². The van der Waals surface area contributed by atoms with Crippen LogP contribution in [-0.4, -0.2) is 27.9 Å². The second kappa shape index (κ2) is 7.64. The Bertz CT molecular complexity index is 598. The average Bonchev–Trinajstić information content (AvgIpc) is 2.92. The molecule has 0 spiro atoms. The van der Waals surface area contributed by atoms with Gasteiger partial charge in [0.05, 0.1) is 11.7 Å². The molecule has 6 heteroatoms. The Labute approximate surface area is 127 Å². The summed E-state index contributed by atoms with van der Waals surface area (Å²) in [5.74, 6) is 0.463. The van der Waals surface area contributed by atoms with Crippen LogP contribution in [0.15, 0.2) is 52.6 Å². The van der Waals surface area contributed by atoms with Crippen molar-refractivity contribution in [2.75, 3.05) is 6.54 Å². The lowest BCUT2D eigenvalue weighted by atomic mass is 10.2. The van der Waals surface area contributed by atoms with E-state index in [0.29, 0.717) is 24.1 Å². The van der Waals surface area contributed by atoms with Gasteiger partial charge in [-0.05, 0) is 12.5 Å². The Morgan fingerprint density at radius 2 is 2.19 bits per heavy atom. The Hall–Kier alpha value is -2.08. The Kier molecular flexibility index (Phi) is 5.57. The van der Waals surface area contributed by atoms with Crippen LogP contribution in [0.1, 0.15) is 18.4 Å². The molecule has 0 unspecified atom stereocenters. The van der Waals surface area contributed by atoms with Crippen molar-refractivity contribution in [3.05, 3.63) is 54.4 Å². The van der Waals surface area contributed by atoms with Crippen molar-refractivity contribution >= 4 is 17.7 Å². The van der Waals surface area contributed by atoms with Gasteiger partial charge in [0.15, 0.2) is 0 Å². The molecule has 2 aromatic rings. The molecule has 0 aliphatic heterocycles. The van der Waals surface area contributed by atoms with Gasteiger partial charge >= 0.3 is 0 Å². The lowest BCUT2D eigenvalue weighted by molar-refractivity contribution is -0.120. The summed E-state index contributed by atoms with van der Waals surface area (Å²) in [4.78, 5) is 11.7. The lowest BCUT2D eigenvalue weighted by Crippen LogP contribution is -2.30. The largest absolute Gasteiger partial charge is 0.416 e. The topological polar surface area (TPSA) is 68.0 Å². The maximum Gasteiger partial charge on any atom is 0.277 e. The molecule has 0 fully saturated rings. The minimum atomic E-state index is -0.296. The molecule has 0 aliphatic rings. The smallest absolute Gasteiger partial charge is 0.277 e. The highest BCUT2D eigenvalue weighted by Gasteiger charge is 2.17. The van der Waals surface area contributed by atoms with Crippen LogP contribution in [0.2, 0.25) is 0 Å². The Morgan fingerprint density at radius 3 is 2.90 bits per heavy atom. The summed E-state index contributed by atoms with van der Waals surface area (Å²) in [6.07, 6.45) is 2.23. The van der Waals surface area contributed by atoms with Gasteiger partial charge in [0, 0.05) is 6.54 Å². The zero-order valence-corrected chi connectivity index (χ0v) is 12.6. The van der Waals surface area contributed by atoms with Crippen molar-refractivity contribution < 1.29 is 9.21 Å². The van der Waals surface area contributed by atoms with Gasteiger partial charge in [-0.15, -0.1) is 16.8 Å². The van der Waals surface area contributed by atoms with Crippen molar-refractivity contribution in [2.45, 2.75) is 23.8 Å². The quantitative estimate of drug-likeness (QED) is 0.628. The summed E-state index contributed by atoms with van der Waals surface area (Å²) in [7, 11) is 0. The van der Waals surface area contributed by atoms with Crippen LogP contribution in [0.25, 0.3) is 0 Å². The van der Waals surface area contributed by atoms with Crippen LogP contribution >= 0.6 is 11.8 Å². The van der Waals surface area contributed by atoms with Gasteiger partial charge in [-0.25, -0.2) is 0 Å². The van der Waals surface area contributed by atoms with E-state index in [1.807, 2.05) is 30.3 Å². The lowest BCUT2D eigenvalue weighted by Gasteiger charge is -2.07. The Morgan fingerprint density at radius 1 is 1.43 bits per heavy atom. The van der Waals surface area contributed by atoms with E-state index in [9.17, 15) is 4.79 Å². The molecule has 1 heterocycles. The first kappa shape index (κ1) is 15.3. The molecule has 110 valence electrons. The summed E-state index contributed by atoms with van der Waals surface area (Å²) in [5.41, 5.74) is 1.11. The summed E-state index contributed by atoms with van der Waals surface area (Å²) in [6.45, 7) is 5.80. The molecular formula is C15H17N3O2S. The number of hydrogen-bond acceptors (Lipinski definition) is 5. The molecule has 1 aromatic carbocycles. The second-order valence-electron chi connectivity index (χ2n) is 4.42. The molecule has 1 aromatic heterocycles. The molecule has 1 N–H and O–H groups in total. The number of hydrogen-bond donors (Lipinski definition) is 1. The fourth-order valence-electron chi connectivity index (χ4n) is 1.65. The van der Waals surface area contributed by atoms with E-state index in [2.05, 4.69) is 22.1 Å². The van der Waals surface area contributed by atoms with E-state index in [1.165, 1.54) is 11.8 Å². The van der Waals surface area contributed by atoms with Crippen LogP contribution < -0.4 is 5.32 Å². The number of nitrogens with zero attached hydrogens (tertiary/aromatic N) is 2. The normalized spacial score (nSPS) is 11.9. The van der Waals surface area contributed by atoms with Gasteiger partial charge in [-0.2, -0.15) is 0 Å². The van der Waals surface area contributed by atoms with E-state index < -0.39 is 0 Å². The third kappa shape index (κ3) is 4.75. The highest BCUT2D eigenvalue weighted by Crippen LogP contribution is 2.22. The molecule has 0 radical (unpaired) electrons. The van der Waals surface area contributed by atoms with Crippen LogP contribution in [0.3, 0.4) is 0 Å². The van der Waals surface area contributed by atoms with Gasteiger partial charge in [0.2, 0.25) is 11.8 Å². The summed E-state index contributed by atoms with van der Waals surface area (Å²) >= 11 is 1.25. The summed E-state index contributed by atoms with van der Waals surface area (Å²) < 4.78 is 5.55. The molecule has 5 nitrogen and oxygen atoms in total. The van der Waals surface area contributed by atoms with E-state index >= 15 is 0 Å². The third-order valence-electron chi connectivity index (χ3n) is 2.71. The maximum absolute atomic E-state index is 11.7. The predicted octanol–water partition coefficient (Wildman–Crippen LogP) is 2.44. The molecule has 0 bridgehead atoms. The highest BCUT2D eigenvalue weighted by molar-refractivity contribution is 8.00. The number of benzene rings is 1. The maximum atomic E-state index is 11.7. The van der Waals surface area contributed by atoms with E-state index in [1.54, 1.807) is 13.0 Å². The molecule has 1 atom stereocenters. The fraction of sp³-hybridized carbons (Fsp3) is 0.267. The molecule has 21 heavy (non-hydrogen) atoms. The first-order valence-electron chi connectivity index (χ1n) is 6.60. The monoisotopic (exact) mass is 303 g/mol. The minimum absolute atomic E-state index is 0.0808. The predicted molar refractivity (Wildman–Crippen MR) is 82.1 cm³/mol. The van der Waals surface area contributed by atoms with Crippen LogP contribution in [0, 0.1) is 0 Å². The van der Waals surface area contributed by atoms with Gasteiger partial charge in [-0.1, -0.05) is 48.2 Å². The van der Waals surface area contributed by atoms with E-state index in [0.717, 1.165) is 5.56 Å². The zero-order valence-electron chi connectivity index (χ0n) is 11.8. The molecule has 0 aliphatic carbocycles. The van der Waals surface area contributed by atoms with Crippen LogP contribution in [0.4, 0.5) is 0 Å². The number of thioether (sulfide) groups is 1. The van der Waals surface area contributed by atoms with Gasteiger partial charge in [-0.3, -0.25) is 4.79 Å². The highest BCUT2D eigenvalue weighted by atomic mass is 32.2. The number of carbonyl (C=O) groups excluding carboxylic acids is 1. The standard InChI is InChI=1S/C15H17N3O2S/c1-3-9-16-14(19)11(2)21-15-18-17-13(20-15)10-12-7-5-4-6-8-12/h3-8,11H,1,9-10H2,2H3,(H,16,19)/t11-/m0/s1. The Balaban J connectivity index is 1.91. The first-order chi connectivity index (χ1) is 10.2. The van der Waals surface area contributed by atoms with Crippen LogP contribution in [0.5, 0.6) is 0 Å². The molecular weight excluding hydrogens is 286 g/mol. The number of rotatable bonds is 7. The fourth-order valence-corrected chi connectivity index (χ4v) is 2.37. The number of amides is 1. The SMILES string of the molecule is C=CCNC(=O)[C@H](C)Sc1nnc(Cc2ccccc2)o1. The van der Waals surface area contributed by atoms with Crippen LogP contribution in [-0.2, 0) is 11.2 Å². The van der Waals surface area contributed by atoms with Crippen molar-refractivity contribution in [3.8, 4) is 0 Å². The number of carbonyl (C=O) groups is 1. The van der Waals surface area contributed by atoms with Crippen molar-refractivity contribution in [2.24, 2.45) is 0 Å². The van der Waals surface area contributed by atoms with Gasteiger partial charge < -0.3 is 9.73 Å². The number of aromatic nitrogens is 2. The minimum Gasteiger partial charge on any atom is -0.416 e.